The van der Waals surface area contributed by atoms with E-state index < -0.39 is 18.1 Å². The standard InChI is InChI=1S/C10H13N3O3.C2HF3O2/c1-12(2)10(16)8-3-5-13(11-7-8)6-4-9(14)15;3-2(4,5)1(6)7/h3,5,7H,4,6H2,1-2H3;(H,6,7)/p+1. The Bertz CT molecular complexity index is 558. The molecule has 1 aromatic heterocycles. The molecule has 0 aliphatic rings. The molecule has 0 radical (unpaired) electrons. The lowest BCUT2D eigenvalue weighted by Crippen LogP contribution is -2.39. The Morgan fingerprint density at radius 1 is 1.26 bits per heavy atom. The van der Waals surface area contributed by atoms with E-state index in [0.717, 1.165) is 0 Å². The van der Waals surface area contributed by atoms with Gasteiger partial charge >= 0.3 is 18.1 Å². The molecule has 0 saturated carbocycles. The number of hydrogen-bond donors (Lipinski definition) is 2. The fraction of sp³-hybridized carbons (Fsp3) is 0.417. The van der Waals surface area contributed by atoms with Crippen LogP contribution in [-0.2, 0) is 16.1 Å². The highest BCUT2D eigenvalue weighted by molar-refractivity contribution is 5.93. The van der Waals surface area contributed by atoms with Crippen molar-refractivity contribution in [1.82, 2.24) is 10.00 Å². The van der Waals surface area contributed by atoms with Crippen molar-refractivity contribution < 1.29 is 42.4 Å². The number of carboxylic acids is 2. The van der Waals surface area contributed by atoms with Crippen LogP contribution in [-0.4, -0.2) is 58.3 Å². The Balaban J connectivity index is 0.000000585. The summed E-state index contributed by atoms with van der Waals surface area (Å²) in [5.74, 6) is -3.76. The number of carbonyl (C=O) groups is 3. The number of nitrogens with zero attached hydrogens (tertiary/aromatic N) is 3. The number of rotatable bonds is 4. The summed E-state index contributed by atoms with van der Waals surface area (Å²) in [6.45, 7) is 0.297. The van der Waals surface area contributed by atoms with Crippen molar-refractivity contribution in [3.8, 4) is 0 Å². The number of aryl methyl sites for hydroxylation is 1. The molecule has 2 N–H and O–H groups in total. The fourth-order valence-electron chi connectivity index (χ4n) is 1.11. The topological polar surface area (TPSA) is 112 Å². The number of hydrogen-bond acceptors (Lipinski definition) is 4. The van der Waals surface area contributed by atoms with Gasteiger partial charge in [-0.2, -0.15) is 13.2 Å². The predicted molar refractivity (Wildman–Crippen MR) is 68.4 cm³/mol. The van der Waals surface area contributed by atoms with Gasteiger partial charge in [-0.05, 0) is 5.10 Å². The zero-order valence-corrected chi connectivity index (χ0v) is 12.2. The van der Waals surface area contributed by atoms with Gasteiger partial charge in [-0.1, -0.05) is 4.68 Å². The van der Waals surface area contributed by atoms with Crippen LogP contribution < -0.4 is 4.68 Å². The van der Waals surface area contributed by atoms with Crippen LogP contribution >= 0.6 is 0 Å². The fourth-order valence-corrected chi connectivity index (χ4v) is 1.11. The first-order chi connectivity index (χ1) is 10.4. The van der Waals surface area contributed by atoms with Crippen molar-refractivity contribution in [2.75, 3.05) is 14.1 Å². The molecule has 1 amide bonds. The third kappa shape index (κ3) is 8.34. The van der Waals surface area contributed by atoms with Gasteiger partial charge in [-0.3, -0.25) is 9.59 Å². The van der Waals surface area contributed by atoms with Crippen LogP contribution in [0.1, 0.15) is 16.8 Å². The first kappa shape index (κ1) is 20.3. The Morgan fingerprint density at radius 2 is 1.78 bits per heavy atom. The molecule has 1 aromatic rings. The summed E-state index contributed by atoms with van der Waals surface area (Å²) in [6, 6.07) is 1.62. The molecule has 8 nitrogen and oxygen atoms in total. The zero-order chi connectivity index (χ0) is 18.2. The van der Waals surface area contributed by atoms with E-state index in [1.54, 1.807) is 26.4 Å². The molecule has 0 fully saturated rings. The van der Waals surface area contributed by atoms with Crippen LogP contribution in [0.5, 0.6) is 0 Å². The third-order valence-corrected chi connectivity index (χ3v) is 2.22. The molecule has 0 aliphatic carbocycles. The van der Waals surface area contributed by atoms with E-state index in [1.807, 2.05) is 0 Å². The van der Waals surface area contributed by atoms with Crippen molar-refractivity contribution in [2.24, 2.45) is 0 Å². The van der Waals surface area contributed by atoms with Crippen molar-refractivity contribution >= 4 is 17.8 Å². The molecule has 0 spiro atoms. The summed E-state index contributed by atoms with van der Waals surface area (Å²) in [5, 5.41) is 19.6. The summed E-state index contributed by atoms with van der Waals surface area (Å²) in [7, 11) is 3.32. The van der Waals surface area contributed by atoms with E-state index in [-0.39, 0.29) is 12.3 Å². The normalized spacial score (nSPS) is 10.3. The van der Waals surface area contributed by atoms with E-state index in [2.05, 4.69) is 5.10 Å². The molecule has 0 atom stereocenters. The molecular weight excluding hydrogens is 323 g/mol. The zero-order valence-electron chi connectivity index (χ0n) is 12.2. The van der Waals surface area contributed by atoms with E-state index >= 15 is 0 Å². The lowest BCUT2D eigenvalue weighted by atomic mass is 10.3. The molecule has 0 bridgehead atoms. The number of amides is 1. The maximum atomic E-state index is 11.5. The minimum Gasteiger partial charge on any atom is -0.481 e. The van der Waals surface area contributed by atoms with Crippen LogP contribution in [0.15, 0.2) is 18.5 Å². The Morgan fingerprint density at radius 3 is 2.09 bits per heavy atom. The Hall–Kier alpha value is -2.72. The molecule has 1 heterocycles. The number of carbonyl (C=O) groups excluding carboxylic acids is 1. The highest BCUT2D eigenvalue weighted by atomic mass is 19.4. The van der Waals surface area contributed by atoms with Crippen molar-refractivity contribution in [2.45, 2.75) is 19.1 Å². The minimum atomic E-state index is -5.08. The van der Waals surface area contributed by atoms with Gasteiger partial charge in [-0.25, -0.2) is 4.79 Å². The number of aromatic nitrogens is 2. The summed E-state index contributed by atoms with van der Waals surface area (Å²) in [4.78, 5) is 32.2. The maximum absolute atomic E-state index is 11.5. The molecule has 0 saturated heterocycles. The third-order valence-electron chi connectivity index (χ3n) is 2.22. The molecule has 0 aliphatic heterocycles. The van der Waals surface area contributed by atoms with E-state index in [0.29, 0.717) is 12.1 Å². The predicted octanol–water partition coefficient (Wildman–Crippen LogP) is 0.179. The number of aliphatic carboxylic acids is 2. The second-order valence-electron chi connectivity index (χ2n) is 4.32. The molecule has 1 rings (SSSR count). The van der Waals surface area contributed by atoms with Gasteiger partial charge in [0.15, 0.2) is 12.7 Å². The number of halogens is 3. The molecule has 23 heavy (non-hydrogen) atoms. The maximum Gasteiger partial charge on any atom is 0.490 e. The second kappa shape index (κ2) is 8.66. The molecule has 0 aromatic carbocycles. The molecule has 128 valence electrons. The van der Waals surface area contributed by atoms with Crippen LogP contribution in [0.25, 0.3) is 0 Å². The van der Waals surface area contributed by atoms with Crippen LogP contribution in [0.2, 0.25) is 0 Å². The number of carboxylic acid groups (broad SMARTS) is 2. The Kier molecular flexibility index (Phi) is 7.63. The van der Waals surface area contributed by atoms with Gasteiger partial charge in [0.2, 0.25) is 0 Å². The highest BCUT2D eigenvalue weighted by Gasteiger charge is 2.38. The smallest absolute Gasteiger partial charge is 0.481 e. The lowest BCUT2D eigenvalue weighted by Gasteiger charge is -2.08. The summed E-state index contributed by atoms with van der Waals surface area (Å²) in [5.41, 5.74) is 0.483. The van der Waals surface area contributed by atoms with E-state index in [1.165, 1.54) is 15.8 Å². The van der Waals surface area contributed by atoms with Gasteiger partial charge in [0.25, 0.3) is 5.91 Å². The van der Waals surface area contributed by atoms with Crippen molar-refractivity contribution in [3.05, 3.63) is 24.0 Å². The van der Waals surface area contributed by atoms with E-state index in [9.17, 15) is 22.8 Å². The van der Waals surface area contributed by atoms with E-state index in [4.69, 9.17) is 15.0 Å². The van der Waals surface area contributed by atoms with Gasteiger partial charge in [0.05, 0.1) is 5.56 Å². The summed E-state index contributed by atoms with van der Waals surface area (Å²) < 4.78 is 33.2. The molecule has 11 heteroatoms. The molecule has 0 unspecified atom stereocenters. The highest BCUT2D eigenvalue weighted by Crippen LogP contribution is 2.13. The van der Waals surface area contributed by atoms with Gasteiger partial charge in [0.1, 0.15) is 12.6 Å². The average molecular weight is 338 g/mol. The summed E-state index contributed by atoms with van der Waals surface area (Å²) >= 11 is 0. The Labute approximate surface area is 128 Å². The van der Waals surface area contributed by atoms with Crippen LogP contribution in [0.3, 0.4) is 0 Å². The monoisotopic (exact) mass is 338 g/mol. The van der Waals surface area contributed by atoms with Crippen molar-refractivity contribution in [3.63, 3.8) is 0 Å². The lowest BCUT2D eigenvalue weighted by molar-refractivity contribution is -0.753. The number of alkyl halides is 3. The first-order valence-corrected chi connectivity index (χ1v) is 6.04. The largest absolute Gasteiger partial charge is 0.490 e. The van der Waals surface area contributed by atoms with Crippen LogP contribution in [0.4, 0.5) is 13.2 Å². The van der Waals surface area contributed by atoms with Gasteiger partial charge < -0.3 is 15.1 Å². The first-order valence-electron chi connectivity index (χ1n) is 6.04. The molecular formula is C12H15F3N3O5+. The quantitative estimate of drug-likeness (QED) is 0.758. The SMILES string of the molecule is CN(C)C(=O)c1cc[n+](CCC(=O)O)nc1.O=C(O)C(F)(F)F. The average Bonchev–Trinajstić information content (AvgIpc) is 2.44. The second-order valence-corrected chi connectivity index (χ2v) is 4.32. The summed E-state index contributed by atoms with van der Waals surface area (Å²) in [6.07, 6.45) is -2.04. The minimum absolute atomic E-state index is 0.0125. The van der Waals surface area contributed by atoms with Gasteiger partial charge in [-0.15, -0.1) is 0 Å². The van der Waals surface area contributed by atoms with Crippen molar-refractivity contribution in [1.29, 1.82) is 0 Å². The van der Waals surface area contributed by atoms with Crippen LogP contribution in [0, 0.1) is 0 Å². The van der Waals surface area contributed by atoms with Gasteiger partial charge in [0, 0.05) is 20.2 Å².